The molecule has 1 aliphatic rings. The van der Waals surface area contributed by atoms with Gasteiger partial charge in [0.05, 0.1) is 11.4 Å². The van der Waals surface area contributed by atoms with E-state index in [4.69, 9.17) is 0 Å². The molecule has 0 N–H and O–H groups in total. The van der Waals surface area contributed by atoms with E-state index < -0.39 is 10.0 Å². The molecule has 0 radical (unpaired) electrons. The highest BCUT2D eigenvalue weighted by Gasteiger charge is 2.27. The zero-order valence-corrected chi connectivity index (χ0v) is 17.9. The van der Waals surface area contributed by atoms with Gasteiger partial charge in [0.25, 0.3) is 0 Å². The van der Waals surface area contributed by atoms with Gasteiger partial charge >= 0.3 is 0 Å². The lowest BCUT2D eigenvalue weighted by Crippen LogP contribution is -2.49. The Bertz CT molecular complexity index is 1080. The van der Waals surface area contributed by atoms with Crippen LogP contribution in [0.4, 0.5) is 5.82 Å². The molecule has 0 bridgehead atoms. The van der Waals surface area contributed by atoms with Crippen molar-refractivity contribution >= 4 is 15.8 Å². The summed E-state index contributed by atoms with van der Waals surface area (Å²) in [6, 6.07) is 21.8. The number of sulfonamides is 1. The highest BCUT2D eigenvalue weighted by Crippen LogP contribution is 2.22. The number of aryl methyl sites for hydroxylation is 2. The van der Waals surface area contributed by atoms with E-state index in [-0.39, 0.29) is 5.75 Å². The third kappa shape index (κ3) is 4.68. The molecule has 2 aromatic carbocycles. The van der Waals surface area contributed by atoms with E-state index in [9.17, 15) is 8.42 Å². The summed E-state index contributed by atoms with van der Waals surface area (Å²) in [7, 11) is -3.26. The highest BCUT2D eigenvalue weighted by molar-refractivity contribution is 7.89. The Balaban J connectivity index is 1.35. The normalized spacial score (nSPS) is 15.3. The standard InChI is InChI=1S/C23H26N4O2S/c1-19-7-5-6-10-21(19)22-11-12-23(25-24-22)26-14-16-27(17-15-26)30(28,29)18-13-20-8-3-2-4-9-20/h2-12H,13-18H2,1H3. The van der Waals surface area contributed by atoms with Crippen molar-refractivity contribution in [2.45, 2.75) is 13.3 Å². The number of aromatic nitrogens is 2. The lowest BCUT2D eigenvalue weighted by molar-refractivity contribution is 0.383. The summed E-state index contributed by atoms with van der Waals surface area (Å²) in [6.45, 7) is 4.23. The maximum absolute atomic E-state index is 12.7. The first-order valence-corrected chi connectivity index (χ1v) is 11.8. The second kappa shape index (κ2) is 8.93. The first kappa shape index (κ1) is 20.5. The quantitative estimate of drug-likeness (QED) is 0.611. The summed E-state index contributed by atoms with van der Waals surface area (Å²) in [4.78, 5) is 2.10. The zero-order valence-electron chi connectivity index (χ0n) is 17.1. The molecule has 0 saturated carbocycles. The van der Waals surface area contributed by atoms with Gasteiger partial charge < -0.3 is 4.90 Å². The topological polar surface area (TPSA) is 66.4 Å². The Hall–Kier alpha value is -2.77. The predicted octanol–water partition coefficient (Wildman–Crippen LogP) is 3.15. The SMILES string of the molecule is Cc1ccccc1-c1ccc(N2CCN(S(=O)(=O)CCc3ccccc3)CC2)nn1. The molecule has 30 heavy (non-hydrogen) atoms. The maximum Gasteiger partial charge on any atom is 0.214 e. The Morgan fingerprint density at radius 2 is 1.53 bits per heavy atom. The molecule has 0 amide bonds. The first-order chi connectivity index (χ1) is 14.5. The van der Waals surface area contributed by atoms with Crippen LogP contribution in [-0.4, -0.2) is 54.9 Å². The summed E-state index contributed by atoms with van der Waals surface area (Å²) >= 11 is 0. The maximum atomic E-state index is 12.7. The van der Waals surface area contributed by atoms with Crippen molar-refractivity contribution in [3.63, 3.8) is 0 Å². The Kier molecular flexibility index (Phi) is 6.11. The Labute approximate surface area is 178 Å². The molecule has 2 heterocycles. The van der Waals surface area contributed by atoms with Crippen LogP contribution in [0, 0.1) is 6.92 Å². The van der Waals surface area contributed by atoms with Gasteiger partial charge in [0.1, 0.15) is 0 Å². The summed E-state index contributed by atoms with van der Waals surface area (Å²) in [5.74, 6) is 0.927. The third-order valence-electron chi connectivity index (χ3n) is 5.52. The van der Waals surface area contributed by atoms with Gasteiger partial charge in [-0.1, -0.05) is 54.6 Å². The van der Waals surface area contributed by atoms with Gasteiger partial charge in [-0.05, 0) is 36.6 Å². The molecule has 0 atom stereocenters. The number of benzene rings is 2. The lowest BCUT2D eigenvalue weighted by atomic mass is 10.1. The molecule has 7 heteroatoms. The summed E-state index contributed by atoms with van der Waals surface area (Å²) in [6.07, 6.45) is 0.537. The molecule has 3 aromatic rings. The van der Waals surface area contributed by atoms with Crippen LogP contribution in [0.2, 0.25) is 0 Å². The molecule has 1 fully saturated rings. The van der Waals surface area contributed by atoms with Gasteiger partial charge in [-0.15, -0.1) is 10.2 Å². The Morgan fingerprint density at radius 3 is 2.20 bits per heavy atom. The fraction of sp³-hybridized carbons (Fsp3) is 0.304. The molecule has 6 nitrogen and oxygen atoms in total. The lowest BCUT2D eigenvalue weighted by Gasteiger charge is -2.34. The molecule has 4 rings (SSSR count). The van der Waals surface area contributed by atoms with E-state index in [1.165, 1.54) is 0 Å². The third-order valence-corrected chi connectivity index (χ3v) is 7.39. The van der Waals surface area contributed by atoms with Crippen molar-refractivity contribution in [2.75, 3.05) is 36.8 Å². The number of rotatable bonds is 6. The molecule has 1 saturated heterocycles. The first-order valence-electron chi connectivity index (χ1n) is 10.2. The summed E-state index contributed by atoms with van der Waals surface area (Å²) in [5, 5.41) is 8.78. The largest absolute Gasteiger partial charge is 0.352 e. The van der Waals surface area contributed by atoms with E-state index >= 15 is 0 Å². The van der Waals surface area contributed by atoms with Crippen molar-refractivity contribution in [2.24, 2.45) is 0 Å². The minimum atomic E-state index is -3.26. The zero-order chi connectivity index (χ0) is 21.0. The van der Waals surface area contributed by atoms with Crippen LogP contribution in [-0.2, 0) is 16.4 Å². The average Bonchev–Trinajstić information content (AvgIpc) is 2.79. The van der Waals surface area contributed by atoms with Crippen molar-refractivity contribution in [3.8, 4) is 11.3 Å². The monoisotopic (exact) mass is 422 g/mol. The molecule has 1 aromatic heterocycles. The fourth-order valence-corrected chi connectivity index (χ4v) is 5.19. The summed E-state index contributed by atoms with van der Waals surface area (Å²) in [5.41, 5.74) is 4.13. The van der Waals surface area contributed by atoms with Gasteiger partial charge in [0, 0.05) is 31.7 Å². The van der Waals surface area contributed by atoms with E-state index in [1.807, 2.05) is 60.7 Å². The predicted molar refractivity (Wildman–Crippen MR) is 120 cm³/mol. The average molecular weight is 423 g/mol. The Morgan fingerprint density at radius 1 is 0.833 bits per heavy atom. The van der Waals surface area contributed by atoms with Crippen molar-refractivity contribution in [1.82, 2.24) is 14.5 Å². The van der Waals surface area contributed by atoms with Gasteiger partial charge in [0.15, 0.2) is 5.82 Å². The van der Waals surface area contributed by atoms with Crippen LogP contribution in [0.15, 0.2) is 66.7 Å². The highest BCUT2D eigenvalue weighted by atomic mass is 32.2. The molecule has 156 valence electrons. The fourth-order valence-electron chi connectivity index (χ4n) is 3.71. The van der Waals surface area contributed by atoms with Gasteiger partial charge in [-0.25, -0.2) is 8.42 Å². The van der Waals surface area contributed by atoms with E-state index in [0.29, 0.717) is 32.6 Å². The number of hydrogen-bond donors (Lipinski definition) is 0. The van der Waals surface area contributed by atoms with Crippen LogP contribution >= 0.6 is 0 Å². The second-order valence-electron chi connectivity index (χ2n) is 7.53. The van der Waals surface area contributed by atoms with Crippen LogP contribution in [0.3, 0.4) is 0 Å². The van der Waals surface area contributed by atoms with Gasteiger partial charge in [0.2, 0.25) is 10.0 Å². The van der Waals surface area contributed by atoms with Crippen LogP contribution in [0.1, 0.15) is 11.1 Å². The van der Waals surface area contributed by atoms with Crippen LogP contribution in [0.25, 0.3) is 11.3 Å². The number of anilines is 1. The van der Waals surface area contributed by atoms with E-state index in [0.717, 1.165) is 28.2 Å². The van der Waals surface area contributed by atoms with E-state index in [1.54, 1.807) is 4.31 Å². The molecular formula is C23H26N4O2S. The van der Waals surface area contributed by atoms with Gasteiger partial charge in [-0.3, -0.25) is 0 Å². The number of piperazine rings is 1. The molecule has 0 unspecified atom stereocenters. The van der Waals surface area contributed by atoms with E-state index in [2.05, 4.69) is 28.1 Å². The molecule has 0 spiro atoms. The molecule has 0 aliphatic carbocycles. The molecule has 1 aliphatic heterocycles. The van der Waals surface area contributed by atoms with Crippen molar-refractivity contribution < 1.29 is 8.42 Å². The molecular weight excluding hydrogens is 396 g/mol. The smallest absolute Gasteiger partial charge is 0.214 e. The van der Waals surface area contributed by atoms with Crippen molar-refractivity contribution in [3.05, 3.63) is 77.9 Å². The minimum absolute atomic E-state index is 0.141. The van der Waals surface area contributed by atoms with Crippen LogP contribution in [0.5, 0.6) is 0 Å². The summed E-state index contributed by atoms with van der Waals surface area (Å²) < 4.78 is 27.0. The number of nitrogens with zero attached hydrogens (tertiary/aromatic N) is 4. The van der Waals surface area contributed by atoms with Gasteiger partial charge in [-0.2, -0.15) is 4.31 Å². The van der Waals surface area contributed by atoms with Crippen LogP contribution < -0.4 is 4.90 Å². The van der Waals surface area contributed by atoms with Crippen molar-refractivity contribution in [1.29, 1.82) is 0 Å². The number of hydrogen-bond acceptors (Lipinski definition) is 5. The minimum Gasteiger partial charge on any atom is -0.352 e. The second-order valence-corrected chi connectivity index (χ2v) is 9.62.